The maximum Gasteiger partial charge on any atom is 0.414 e. The minimum absolute atomic E-state index is 0.0264. The van der Waals surface area contributed by atoms with Gasteiger partial charge in [-0.05, 0) is 280 Å². The van der Waals surface area contributed by atoms with Crippen LogP contribution in [0, 0.1) is 35.3 Å². The maximum absolute atomic E-state index is 14.3. The van der Waals surface area contributed by atoms with E-state index in [1.54, 1.807) is 47.3 Å². The average Bonchev–Trinajstić information content (AvgIpc) is 1.60. The molecule has 4 fully saturated rings. The number of carbonyl (C=O) groups excluding carboxylic acids is 8. The van der Waals surface area contributed by atoms with Gasteiger partial charge in [-0.1, -0.05) is 86.3 Å². The van der Waals surface area contributed by atoms with Crippen molar-refractivity contribution >= 4 is 114 Å². The van der Waals surface area contributed by atoms with Gasteiger partial charge in [0.15, 0.2) is 0 Å². The monoisotopic (exact) mass is 2020 g/mol. The number of alkyl halides is 2. The number of aromatic nitrogens is 8. The molecular formula is C114H132F4N12O17. The number of rotatable bonds is 19. The second kappa shape index (κ2) is 45.1. The van der Waals surface area contributed by atoms with Crippen LogP contribution in [0.1, 0.15) is 294 Å². The van der Waals surface area contributed by atoms with E-state index in [1.165, 1.54) is 59.3 Å². The Balaban J connectivity index is 0.000000134. The fourth-order valence-electron chi connectivity index (χ4n) is 24.2. The van der Waals surface area contributed by atoms with Crippen molar-refractivity contribution in [2.75, 3.05) is 55.1 Å². The molecule has 29 nitrogen and oxygen atoms in total. The lowest BCUT2D eigenvalue weighted by atomic mass is 9.83. The SMILES string of the molecule is COC(=O)N1c2ccc3c(nc(Cc4ccccc4)n3[C@@H]3CCC[C@@H](C(C)=O)C3)c2CC[C@@H]1C.COC(=O)N1c2ccc3c(nc([C@H](O)c4cc(F)ccc4OC(F)F)n3[C@@H]3CCC[C@@H](C(C)=O)C3)c2CC[C@@H]1C.COC(=O)N1c2ccc3c(nc([C@H](O)c4cc(F)ccc4OC)n3[C@@H]3CCC[C@@H](C(C)=O)C3)c2CC[C@@H]1C.COC(=O)N1c2ccc3c(nc([C@H](O)c4ccccc4)n3[C@@H]3CCC[C@@H](C(C)=O)C3)c2CC[C@@H]1C. The number of ketones is 4. The molecular weight excluding hydrogens is 1890 g/mol. The number of nitrogens with zero attached hydrogens (tertiary/aromatic N) is 12. The second-order valence-electron chi connectivity index (χ2n) is 40.8. The molecule has 147 heavy (non-hydrogen) atoms. The zero-order valence-electron chi connectivity index (χ0n) is 85.7. The summed E-state index contributed by atoms with van der Waals surface area (Å²) >= 11 is 0. The molecule has 0 radical (unpaired) electrons. The highest BCUT2D eigenvalue weighted by Crippen LogP contribution is 2.51. The molecule has 4 aliphatic heterocycles. The normalized spacial score (nSPS) is 22.3. The summed E-state index contributed by atoms with van der Waals surface area (Å²) < 4.78 is 93.7. The van der Waals surface area contributed by atoms with Gasteiger partial charge < -0.3 is 62.0 Å². The summed E-state index contributed by atoms with van der Waals surface area (Å²) in [7, 11) is 7.00. The van der Waals surface area contributed by atoms with E-state index in [-0.39, 0.29) is 124 Å². The molecule has 4 amide bonds. The lowest BCUT2D eigenvalue weighted by Gasteiger charge is -2.34. The number of anilines is 4. The van der Waals surface area contributed by atoms with Crippen LogP contribution < -0.4 is 29.1 Å². The zero-order chi connectivity index (χ0) is 104. The highest BCUT2D eigenvalue weighted by atomic mass is 19.3. The van der Waals surface area contributed by atoms with Gasteiger partial charge in [0.1, 0.15) is 87.9 Å². The zero-order valence-corrected chi connectivity index (χ0v) is 85.7. The number of benzene rings is 8. The van der Waals surface area contributed by atoms with Crippen LogP contribution in [0.25, 0.3) is 44.1 Å². The molecule has 3 N–H and O–H groups in total. The van der Waals surface area contributed by atoms with E-state index in [2.05, 4.69) is 57.2 Å². The third-order valence-electron chi connectivity index (χ3n) is 31.8. The second-order valence-corrected chi connectivity index (χ2v) is 40.8. The standard InChI is InChI=1S/C29H32F3N3O5.C29H34FN3O5.C28H33N3O4.C28H33N3O3/c1-15-7-9-20-22(34(15)29(38)39-3)10-11-23-25(20)33-27(35(23)19-6-4-5-17(13-19)16(2)36)26(37)21-14-18(30)8-12-24(21)40-28(31)32;1-16-8-10-21-23(32(16)29(36)38-4)11-12-24-26(21)31-28(27(35)22-15-19(30)9-13-25(22)37-3)33(24)20-7-5-6-18(14-20)17(2)34;1-17-12-13-22-23(30(17)28(34)35-3)14-15-24-25(22)29-27(26(33)19-8-5-4-6-9-19)31(24)21-11-7-10-20(16-21)18(2)32;1-18-12-13-23-24(30(18)28(33)34-3)14-15-25-27(23)29-26(16-20-8-5-4-6-9-20)31(25)22-11-7-10-21(17-22)19(2)32/h8,10-12,14-15,17,19,26,28,37H,4-7,9,13H2,1-3H3;9,11-13,15-16,18,20,27,35H,5-8,10,14H2,1-4H3;4-6,8-9,14-15,17,20-21,26,33H,7,10-13,16H2,1-3H3;4-6,8-9,14-15,18,21-22H,7,10-13,16-17H2,1-3H3/t15-,17+,19+,26+;16-,18+,20+,27+;17-,20+,21+,26+;18-,21+,22+/m0000/s1. The lowest BCUT2D eigenvalue weighted by molar-refractivity contribution is -0.122. The average molecular weight is 2020 g/mol. The summed E-state index contributed by atoms with van der Waals surface area (Å²) in [6.07, 6.45) is 14.9. The van der Waals surface area contributed by atoms with Crippen molar-refractivity contribution in [3.63, 3.8) is 0 Å². The summed E-state index contributed by atoms with van der Waals surface area (Å²) in [5, 5.41) is 34.7. The van der Waals surface area contributed by atoms with Gasteiger partial charge in [0.2, 0.25) is 0 Å². The molecule has 15 atom stereocenters. The Morgan fingerprint density at radius 2 is 0.660 bits per heavy atom. The predicted octanol–water partition coefficient (Wildman–Crippen LogP) is 22.8. The van der Waals surface area contributed by atoms with Crippen molar-refractivity contribution in [3.8, 4) is 11.5 Å². The summed E-state index contributed by atoms with van der Waals surface area (Å²) in [6, 6.07) is 42.7. The first-order valence-electron chi connectivity index (χ1n) is 51.6. The summed E-state index contributed by atoms with van der Waals surface area (Å²) in [4.78, 5) is 126. The number of fused-ring (bicyclic) bond motifs is 12. The predicted molar refractivity (Wildman–Crippen MR) is 550 cm³/mol. The molecule has 8 heterocycles. The number of amides is 4. The number of hydrogen-bond donors (Lipinski definition) is 3. The third kappa shape index (κ3) is 21.2. The summed E-state index contributed by atoms with van der Waals surface area (Å²) in [5.41, 5.74) is 15.6. The van der Waals surface area contributed by atoms with Crippen molar-refractivity contribution in [3.05, 3.63) is 225 Å². The number of imidazole rings is 4. The molecule has 0 bridgehead atoms. The highest BCUT2D eigenvalue weighted by Gasteiger charge is 2.43. The molecule has 8 aromatic carbocycles. The third-order valence-corrected chi connectivity index (χ3v) is 31.8. The maximum atomic E-state index is 14.3. The van der Waals surface area contributed by atoms with E-state index < -0.39 is 48.7 Å². The fourth-order valence-corrected chi connectivity index (χ4v) is 24.2. The quantitative estimate of drug-likeness (QED) is 0.0500. The number of carbonyl (C=O) groups is 8. The minimum Gasteiger partial charge on any atom is -0.496 e. The van der Waals surface area contributed by atoms with E-state index in [1.807, 2.05) is 103 Å². The van der Waals surface area contributed by atoms with Crippen LogP contribution in [0.15, 0.2) is 146 Å². The number of Topliss-reactive ketones (excluding diaryl/α,β-unsaturated/α-hetero) is 4. The number of aliphatic hydroxyl groups excluding tert-OH is 3. The largest absolute Gasteiger partial charge is 0.496 e. The summed E-state index contributed by atoms with van der Waals surface area (Å²) in [5.74, 6) is 1.58. The van der Waals surface area contributed by atoms with Gasteiger partial charge in [0.25, 0.3) is 0 Å². The Bertz CT molecular complexity index is 6920. The molecule has 0 saturated heterocycles. The van der Waals surface area contributed by atoms with E-state index in [9.17, 15) is 71.2 Å². The Morgan fingerprint density at radius 3 is 0.980 bits per heavy atom. The van der Waals surface area contributed by atoms with Crippen LogP contribution in [0.5, 0.6) is 11.5 Å². The molecule has 4 aromatic heterocycles. The topological polar surface area (TPSA) is 337 Å². The molecule has 20 rings (SSSR count). The first kappa shape index (κ1) is 105. The van der Waals surface area contributed by atoms with Crippen LogP contribution >= 0.6 is 0 Å². The molecule has 778 valence electrons. The molecule has 4 saturated carbocycles. The van der Waals surface area contributed by atoms with Crippen molar-refractivity contribution in [1.29, 1.82) is 0 Å². The van der Waals surface area contributed by atoms with Crippen molar-refractivity contribution in [2.24, 2.45) is 23.7 Å². The van der Waals surface area contributed by atoms with Crippen LogP contribution in [0.2, 0.25) is 0 Å². The number of ether oxygens (including phenoxy) is 6. The van der Waals surface area contributed by atoms with Crippen molar-refractivity contribution in [2.45, 2.75) is 289 Å². The number of methoxy groups -OCH3 is 5. The number of halogens is 4. The highest BCUT2D eigenvalue weighted by molar-refractivity contribution is 6.00. The van der Waals surface area contributed by atoms with Crippen LogP contribution in [0.4, 0.5) is 59.5 Å². The Morgan fingerprint density at radius 1 is 0.361 bits per heavy atom. The Labute approximate surface area is 852 Å². The van der Waals surface area contributed by atoms with Gasteiger partial charge in [-0.2, -0.15) is 8.78 Å². The number of hydrogen-bond acceptors (Lipinski definition) is 21. The van der Waals surface area contributed by atoms with Gasteiger partial charge in [-0.25, -0.2) is 47.9 Å². The van der Waals surface area contributed by atoms with Gasteiger partial charge >= 0.3 is 31.0 Å². The van der Waals surface area contributed by atoms with E-state index in [0.717, 1.165) is 218 Å². The van der Waals surface area contributed by atoms with Crippen molar-refractivity contribution in [1.82, 2.24) is 38.2 Å². The van der Waals surface area contributed by atoms with Gasteiger partial charge in [0.05, 0.1) is 102 Å². The minimum atomic E-state index is -3.18. The lowest BCUT2D eigenvalue weighted by Crippen LogP contribution is -2.42. The molecule has 8 aliphatic rings. The van der Waals surface area contributed by atoms with E-state index in [0.29, 0.717) is 83.9 Å². The Hall–Kier alpha value is -13.4. The Kier molecular flexibility index (Phi) is 32.2. The van der Waals surface area contributed by atoms with Crippen molar-refractivity contribution < 1.29 is 99.7 Å². The first-order valence-corrected chi connectivity index (χ1v) is 51.6. The number of aryl methyl sites for hydroxylation is 4. The molecule has 33 heteroatoms. The van der Waals surface area contributed by atoms with E-state index >= 15 is 0 Å². The fraction of sp³-hybridized carbons (Fsp3) is 0.474. The van der Waals surface area contributed by atoms with Crippen LogP contribution in [-0.4, -0.2) is 167 Å². The molecule has 4 aliphatic carbocycles. The smallest absolute Gasteiger partial charge is 0.414 e. The van der Waals surface area contributed by atoms with E-state index in [4.69, 9.17) is 43.6 Å². The molecule has 0 spiro atoms. The molecule has 0 unspecified atom stereocenters. The van der Waals surface area contributed by atoms with Crippen LogP contribution in [-0.2, 0) is 70.2 Å². The first-order chi connectivity index (χ1) is 70.7. The van der Waals surface area contributed by atoms with Gasteiger partial charge in [-0.3, -0.25) is 38.8 Å². The van der Waals surface area contributed by atoms with Crippen LogP contribution in [0.3, 0.4) is 0 Å². The van der Waals surface area contributed by atoms with Gasteiger partial charge in [0, 0.05) is 112 Å². The number of aliphatic hydroxyl groups is 3. The van der Waals surface area contributed by atoms with Gasteiger partial charge in [-0.15, -0.1) is 0 Å². The summed E-state index contributed by atoms with van der Waals surface area (Å²) in [6.45, 7) is 11.4. The molecule has 12 aromatic rings.